The van der Waals surface area contributed by atoms with Crippen molar-refractivity contribution < 1.29 is 0 Å². The lowest BCUT2D eigenvalue weighted by Gasteiger charge is -2.06. The molecule has 0 spiro atoms. The van der Waals surface area contributed by atoms with Crippen LogP contribution in [0.4, 0.5) is 0 Å². The van der Waals surface area contributed by atoms with Gasteiger partial charge < -0.3 is 4.90 Å². The van der Waals surface area contributed by atoms with Gasteiger partial charge in [0, 0.05) is 30.3 Å². The van der Waals surface area contributed by atoms with Gasteiger partial charge in [-0.1, -0.05) is 36.4 Å². The van der Waals surface area contributed by atoms with Crippen LogP contribution in [0.25, 0.3) is 22.6 Å². The van der Waals surface area contributed by atoms with E-state index in [1.54, 1.807) is 4.90 Å². The van der Waals surface area contributed by atoms with E-state index in [-0.39, 0.29) is 0 Å². The minimum atomic E-state index is 0.336. The third-order valence-electron chi connectivity index (χ3n) is 4.45. The summed E-state index contributed by atoms with van der Waals surface area (Å²) >= 11 is 0. The highest BCUT2D eigenvalue weighted by molar-refractivity contribution is 5.64. The number of nitriles is 1. The number of likely N-dealkylation sites (tertiary alicyclic amines) is 1. The van der Waals surface area contributed by atoms with Gasteiger partial charge in [0.1, 0.15) is 5.69 Å². The first-order valence-electron chi connectivity index (χ1n) is 8.06. The Morgan fingerprint density at radius 2 is 1.88 bits per heavy atom. The first-order valence-corrected chi connectivity index (χ1v) is 8.06. The van der Waals surface area contributed by atoms with Crippen LogP contribution in [0.5, 0.6) is 0 Å². The number of aromatic nitrogens is 3. The Morgan fingerprint density at radius 1 is 1.04 bits per heavy atom. The molecule has 3 heterocycles. The van der Waals surface area contributed by atoms with E-state index in [2.05, 4.69) is 34.6 Å². The van der Waals surface area contributed by atoms with Crippen LogP contribution in [0, 0.1) is 11.5 Å². The molecule has 4 rings (SSSR count). The largest absolute Gasteiger partial charge is 0.310 e. The van der Waals surface area contributed by atoms with E-state index in [1.807, 2.05) is 36.4 Å². The molecule has 5 nitrogen and oxygen atoms in total. The van der Waals surface area contributed by atoms with Crippen LogP contribution in [-0.2, 0) is 0 Å². The second-order valence-electron chi connectivity index (χ2n) is 6.01. The molecule has 1 aliphatic rings. The maximum absolute atomic E-state index is 8.99. The van der Waals surface area contributed by atoms with Crippen molar-refractivity contribution in [1.29, 1.82) is 5.26 Å². The quantitative estimate of drug-likeness (QED) is 0.752. The molecule has 1 aliphatic heterocycles. The summed E-state index contributed by atoms with van der Waals surface area (Å²) < 4.78 is 0. The predicted molar refractivity (Wildman–Crippen MR) is 91.8 cm³/mol. The van der Waals surface area contributed by atoms with Crippen molar-refractivity contribution in [1.82, 2.24) is 20.1 Å². The van der Waals surface area contributed by atoms with Gasteiger partial charge >= 0.3 is 0 Å². The number of hydrogen-bond donors (Lipinski definition) is 1. The SMILES string of the molecule is N#CN1CC[C@H](c2cc(-c3cccc(-c4ccccc4)n3)n[nH]2)C1. The lowest BCUT2D eigenvalue weighted by atomic mass is 10.0. The minimum absolute atomic E-state index is 0.336. The third kappa shape index (κ3) is 2.74. The molecule has 0 aliphatic carbocycles. The molecule has 2 aromatic heterocycles. The van der Waals surface area contributed by atoms with E-state index >= 15 is 0 Å². The molecule has 0 saturated carbocycles. The Balaban J connectivity index is 1.60. The molecule has 5 heteroatoms. The molecule has 0 bridgehead atoms. The summed E-state index contributed by atoms with van der Waals surface area (Å²) in [5.74, 6) is 0.336. The predicted octanol–water partition coefficient (Wildman–Crippen LogP) is 3.41. The lowest BCUT2D eigenvalue weighted by Crippen LogP contribution is -2.12. The second-order valence-corrected chi connectivity index (χ2v) is 6.01. The van der Waals surface area contributed by atoms with Crippen LogP contribution in [0.3, 0.4) is 0 Å². The van der Waals surface area contributed by atoms with Gasteiger partial charge in [0.25, 0.3) is 0 Å². The van der Waals surface area contributed by atoms with E-state index in [0.717, 1.165) is 47.8 Å². The molecule has 1 saturated heterocycles. The zero-order chi connectivity index (χ0) is 16.4. The second kappa shape index (κ2) is 6.17. The fraction of sp³-hybridized carbons (Fsp3) is 0.211. The Bertz CT molecular complexity index is 878. The number of H-pyrrole nitrogens is 1. The molecule has 3 aromatic rings. The number of rotatable bonds is 3. The van der Waals surface area contributed by atoms with E-state index in [0.29, 0.717) is 5.92 Å². The Kier molecular flexibility index (Phi) is 3.72. The number of nitrogens with zero attached hydrogens (tertiary/aromatic N) is 4. The van der Waals surface area contributed by atoms with Crippen molar-refractivity contribution >= 4 is 0 Å². The maximum Gasteiger partial charge on any atom is 0.179 e. The summed E-state index contributed by atoms with van der Waals surface area (Å²) in [6.07, 6.45) is 3.19. The smallest absolute Gasteiger partial charge is 0.179 e. The standard InChI is InChI=1S/C19H17N5/c20-13-24-10-9-15(12-24)18-11-19(23-22-18)17-8-4-7-16(21-17)14-5-2-1-3-6-14/h1-8,11,15H,9-10,12H2,(H,22,23)/t15-/m0/s1. The number of benzene rings is 1. The minimum Gasteiger partial charge on any atom is -0.310 e. The molecular weight excluding hydrogens is 298 g/mol. The number of hydrogen-bond acceptors (Lipinski definition) is 4. The van der Waals surface area contributed by atoms with Crippen LogP contribution in [-0.4, -0.2) is 33.2 Å². The Hall–Kier alpha value is -3.13. The summed E-state index contributed by atoms with van der Waals surface area (Å²) in [6, 6.07) is 18.2. The molecule has 0 radical (unpaired) electrons. The fourth-order valence-electron chi connectivity index (χ4n) is 3.13. The summed E-state index contributed by atoms with van der Waals surface area (Å²) in [4.78, 5) is 6.53. The Morgan fingerprint density at radius 3 is 2.67 bits per heavy atom. The van der Waals surface area contributed by atoms with Gasteiger partial charge in [-0.25, -0.2) is 4.98 Å². The third-order valence-corrected chi connectivity index (χ3v) is 4.45. The van der Waals surface area contributed by atoms with Crippen molar-refractivity contribution in [2.24, 2.45) is 0 Å². The van der Waals surface area contributed by atoms with Crippen LogP contribution in [0.15, 0.2) is 54.6 Å². The van der Waals surface area contributed by atoms with Crippen LogP contribution in [0.1, 0.15) is 18.0 Å². The summed E-state index contributed by atoms with van der Waals surface area (Å²) in [7, 11) is 0. The highest BCUT2D eigenvalue weighted by Gasteiger charge is 2.24. The van der Waals surface area contributed by atoms with Gasteiger partial charge in [0.05, 0.1) is 11.4 Å². The highest BCUT2D eigenvalue weighted by atomic mass is 15.2. The van der Waals surface area contributed by atoms with E-state index in [4.69, 9.17) is 10.2 Å². The summed E-state index contributed by atoms with van der Waals surface area (Å²) in [6.45, 7) is 1.58. The first kappa shape index (κ1) is 14.5. The van der Waals surface area contributed by atoms with E-state index in [9.17, 15) is 0 Å². The van der Waals surface area contributed by atoms with Crippen LogP contribution in [0.2, 0.25) is 0 Å². The van der Waals surface area contributed by atoms with Crippen molar-refractivity contribution in [3.05, 3.63) is 60.3 Å². The van der Waals surface area contributed by atoms with Crippen molar-refractivity contribution in [3.8, 4) is 28.8 Å². The van der Waals surface area contributed by atoms with Crippen molar-refractivity contribution in [3.63, 3.8) is 0 Å². The number of aromatic amines is 1. The summed E-state index contributed by atoms with van der Waals surface area (Å²) in [5, 5.41) is 16.5. The molecule has 0 unspecified atom stereocenters. The zero-order valence-electron chi connectivity index (χ0n) is 13.2. The molecule has 1 atom stereocenters. The van der Waals surface area contributed by atoms with Gasteiger partial charge in [-0.3, -0.25) is 5.10 Å². The average molecular weight is 315 g/mol. The van der Waals surface area contributed by atoms with Gasteiger partial charge in [0.2, 0.25) is 0 Å². The average Bonchev–Trinajstić information content (AvgIpc) is 3.32. The van der Waals surface area contributed by atoms with Gasteiger partial charge in [0.15, 0.2) is 6.19 Å². The zero-order valence-corrected chi connectivity index (χ0v) is 13.2. The lowest BCUT2D eigenvalue weighted by molar-refractivity contribution is 0.478. The van der Waals surface area contributed by atoms with Crippen LogP contribution >= 0.6 is 0 Å². The molecule has 0 amide bonds. The molecule has 1 aromatic carbocycles. The topological polar surface area (TPSA) is 68.6 Å². The molecular formula is C19H17N5. The number of nitrogens with one attached hydrogen (secondary N) is 1. The Labute approximate surface area is 140 Å². The van der Waals surface area contributed by atoms with Gasteiger partial charge in [-0.05, 0) is 24.6 Å². The van der Waals surface area contributed by atoms with Gasteiger partial charge in [-0.15, -0.1) is 0 Å². The molecule has 1 fully saturated rings. The number of pyridine rings is 1. The van der Waals surface area contributed by atoms with Crippen molar-refractivity contribution in [2.45, 2.75) is 12.3 Å². The first-order chi connectivity index (χ1) is 11.8. The molecule has 1 N–H and O–H groups in total. The maximum atomic E-state index is 8.99. The fourth-order valence-corrected chi connectivity index (χ4v) is 3.13. The van der Waals surface area contributed by atoms with Crippen LogP contribution < -0.4 is 0 Å². The summed E-state index contributed by atoms with van der Waals surface area (Å²) in [5.41, 5.74) is 4.81. The molecule has 24 heavy (non-hydrogen) atoms. The van der Waals surface area contributed by atoms with E-state index in [1.165, 1.54) is 0 Å². The highest BCUT2D eigenvalue weighted by Crippen LogP contribution is 2.28. The molecule has 118 valence electrons. The normalized spacial score (nSPS) is 17.0. The van der Waals surface area contributed by atoms with Gasteiger partial charge in [-0.2, -0.15) is 10.4 Å². The van der Waals surface area contributed by atoms with E-state index < -0.39 is 0 Å². The van der Waals surface area contributed by atoms with Crippen molar-refractivity contribution in [2.75, 3.05) is 13.1 Å². The monoisotopic (exact) mass is 315 g/mol.